The molecule has 0 aliphatic carbocycles. The molecule has 0 unspecified atom stereocenters. The van der Waals surface area contributed by atoms with E-state index in [-0.39, 0.29) is 5.75 Å². The summed E-state index contributed by atoms with van der Waals surface area (Å²) in [6.07, 6.45) is 0. The highest BCUT2D eigenvalue weighted by Crippen LogP contribution is 2.22. The molecule has 0 amide bonds. The van der Waals surface area contributed by atoms with Crippen molar-refractivity contribution < 1.29 is 5.11 Å². The van der Waals surface area contributed by atoms with Crippen LogP contribution in [0.3, 0.4) is 0 Å². The average Bonchev–Trinajstić information content (AvgIpc) is 1.88. The molecule has 0 aromatic heterocycles. The van der Waals surface area contributed by atoms with E-state index < -0.39 is 0 Å². The molecular formula is C8H10Cl2O. The molecule has 0 bridgehead atoms. The Morgan fingerprint density at radius 1 is 1.00 bits per heavy atom. The molecule has 0 atom stereocenters. The zero-order chi connectivity index (χ0) is 8.85. The Balaban J connectivity index is 0.000000461. The molecule has 62 valence electrons. The van der Waals surface area contributed by atoms with Gasteiger partial charge >= 0.3 is 0 Å². The van der Waals surface area contributed by atoms with Crippen LogP contribution in [0.5, 0.6) is 5.75 Å². The summed E-state index contributed by atoms with van der Waals surface area (Å²) < 4.78 is 0. The lowest BCUT2D eigenvalue weighted by atomic mass is 10.3. The standard InChI is InChI=1S/C6H4Cl2O.C2H6/c7-4-1-5(8)3-6(9)2-4;1-2/h1-3,9H;1-2H3. The molecule has 3 heteroatoms. The van der Waals surface area contributed by atoms with E-state index in [9.17, 15) is 0 Å². The monoisotopic (exact) mass is 192 g/mol. The van der Waals surface area contributed by atoms with Crippen molar-refractivity contribution in [2.24, 2.45) is 0 Å². The van der Waals surface area contributed by atoms with Gasteiger partial charge in [0, 0.05) is 10.0 Å². The van der Waals surface area contributed by atoms with E-state index in [4.69, 9.17) is 28.3 Å². The van der Waals surface area contributed by atoms with Crippen LogP contribution in [0, 0.1) is 0 Å². The fraction of sp³-hybridized carbons (Fsp3) is 0.250. The van der Waals surface area contributed by atoms with Gasteiger partial charge in [-0.05, 0) is 18.2 Å². The predicted molar refractivity (Wildman–Crippen MR) is 49.5 cm³/mol. The number of rotatable bonds is 0. The van der Waals surface area contributed by atoms with Crippen molar-refractivity contribution in [3.05, 3.63) is 28.2 Å². The molecule has 1 rings (SSSR count). The third-order valence-corrected chi connectivity index (χ3v) is 1.28. The molecule has 0 aliphatic heterocycles. The molecule has 1 N–H and O–H groups in total. The Labute approximate surface area is 76.6 Å². The third kappa shape index (κ3) is 4.12. The second kappa shape index (κ2) is 5.28. The number of hydrogen-bond acceptors (Lipinski definition) is 1. The summed E-state index contributed by atoms with van der Waals surface area (Å²) in [5.41, 5.74) is 0. The molecule has 0 saturated carbocycles. The zero-order valence-electron chi connectivity index (χ0n) is 6.44. The van der Waals surface area contributed by atoms with Gasteiger partial charge in [0.1, 0.15) is 5.75 Å². The van der Waals surface area contributed by atoms with Crippen molar-refractivity contribution in [1.82, 2.24) is 0 Å². The van der Waals surface area contributed by atoms with Crippen LogP contribution < -0.4 is 0 Å². The Morgan fingerprint density at radius 2 is 1.36 bits per heavy atom. The minimum atomic E-state index is 0.0903. The van der Waals surface area contributed by atoms with Gasteiger partial charge in [0.15, 0.2) is 0 Å². The highest BCUT2D eigenvalue weighted by atomic mass is 35.5. The average molecular weight is 193 g/mol. The maximum absolute atomic E-state index is 8.82. The molecule has 0 radical (unpaired) electrons. The van der Waals surface area contributed by atoms with E-state index in [0.717, 1.165) is 0 Å². The van der Waals surface area contributed by atoms with E-state index in [0.29, 0.717) is 10.0 Å². The number of benzene rings is 1. The van der Waals surface area contributed by atoms with Crippen LogP contribution in [0.2, 0.25) is 10.0 Å². The van der Waals surface area contributed by atoms with Crippen molar-refractivity contribution in [3.8, 4) is 5.75 Å². The minimum Gasteiger partial charge on any atom is -0.508 e. The quantitative estimate of drug-likeness (QED) is 0.665. The molecule has 1 nitrogen and oxygen atoms in total. The van der Waals surface area contributed by atoms with Gasteiger partial charge in [-0.3, -0.25) is 0 Å². The molecule has 1 aromatic rings. The number of aromatic hydroxyl groups is 1. The molecule has 1 aromatic carbocycles. The number of phenolic OH excluding ortho intramolecular Hbond substituents is 1. The van der Waals surface area contributed by atoms with Crippen molar-refractivity contribution >= 4 is 23.2 Å². The number of hydrogen-bond donors (Lipinski definition) is 1. The van der Waals surface area contributed by atoms with Gasteiger partial charge in [0.05, 0.1) is 0 Å². The summed E-state index contributed by atoms with van der Waals surface area (Å²) in [5.74, 6) is 0.0903. The fourth-order valence-electron chi connectivity index (χ4n) is 0.539. The SMILES string of the molecule is CC.Oc1cc(Cl)cc(Cl)c1. The highest BCUT2D eigenvalue weighted by molar-refractivity contribution is 6.34. The molecular weight excluding hydrogens is 183 g/mol. The van der Waals surface area contributed by atoms with Crippen LogP contribution in [0.4, 0.5) is 0 Å². The van der Waals surface area contributed by atoms with E-state index in [1.807, 2.05) is 13.8 Å². The first-order chi connectivity index (χ1) is 5.18. The Kier molecular flexibility index (Phi) is 5.08. The number of halogens is 2. The van der Waals surface area contributed by atoms with Crippen molar-refractivity contribution in [3.63, 3.8) is 0 Å². The maximum Gasteiger partial charge on any atom is 0.118 e. The molecule has 0 saturated heterocycles. The zero-order valence-corrected chi connectivity index (χ0v) is 7.95. The van der Waals surface area contributed by atoms with Gasteiger partial charge in [0.25, 0.3) is 0 Å². The molecule has 11 heavy (non-hydrogen) atoms. The van der Waals surface area contributed by atoms with Gasteiger partial charge in [0.2, 0.25) is 0 Å². The first-order valence-electron chi connectivity index (χ1n) is 3.33. The van der Waals surface area contributed by atoms with Gasteiger partial charge < -0.3 is 5.11 Å². The topological polar surface area (TPSA) is 20.2 Å². The van der Waals surface area contributed by atoms with Crippen LogP contribution in [-0.2, 0) is 0 Å². The molecule has 0 aliphatic rings. The summed E-state index contributed by atoms with van der Waals surface area (Å²) >= 11 is 11.0. The van der Waals surface area contributed by atoms with Gasteiger partial charge in [-0.1, -0.05) is 37.0 Å². The lowest BCUT2D eigenvalue weighted by Crippen LogP contribution is -1.65. The lowest BCUT2D eigenvalue weighted by molar-refractivity contribution is 0.475. The first kappa shape index (κ1) is 10.6. The van der Waals surface area contributed by atoms with Crippen LogP contribution in [0.25, 0.3) is 0 Å². The van der Waals surface area contributed by atoms with E-state index >= 15 is 0 Å². The second-order valence-corrected chi connectivity index (χ2v) is 2.50. The van der Waals surface area contributed by atoms with Crippen molar-refractivity contribution in [1.29, 1.82) is 0 Å². The normalized spacial score (nSPS) is 8.36. The predicted octanol–water partition coefficient (Wildman–Crippen LogP) is 3.73. The molecule has 0 heterocycles. The Bertz CT molecular complexity index is 173. The van der Waals surface area contributed by atoms with Gasteiger partial charge in [-0.2, -0.15) is 0 Å². The van der Waals surface area contributed by atoms with E-state index in [1.165, 1.54) is 12.1 Å². The van der Waals surface area contributed by atoms with E-state index in [1.54, 1.807) is 6.07 Å². The maximum atomic E-state index is 8.82. The van der Waals surface area contributed by atoms with E-state index in [2.05, 4.69) is 0 Å². The minimum absolute atomic E-state index is 0.0903. The van der Waals surface area contributed by atoms with Crippen molar-refractivity contribution in [2.75, 3.05) is 0 Å². The highest BCUT2D eigenvalue weighted by Gasteiger charge is 1.93. The summed E-state index contributed by atoms with van der Waals surface area (Å²) in [6, 6.07) is 4.41. The first-order valence-corrected chi connectivity index (χ1v) is 4.09. The molecule has 0 spiro atoms. The summed E-state index contributed by atoms with van der Waals surface area (Å²) in [5, 5.41) is 9.71. The van der Waals surface area contributed by atoms with Gasteiger partial charge in [-0.15, -0.1) is 0 Å². The van der Waals surface area contributed by atoms with Crippen LogP contribution in [0.1, 0.15) is 13.8 Å². The molecule has 0 fully saturated rings. The summed E-state index contributed by atoms with van der Waals surface area (Å²) in [7, 11) is 0. The largest absolute Gasteiger partial charge is 0.508 e. The summed E-state index contributed by atoms with van der Waals surface area (Å²) in [4.78, 5) is 0. The fourth-order valence-corrected chi connectivity index (χ4v) is 1.05. The van der Waals surface area contributed by atoms with Crippen LogP contribution in [0.15, 0.2) is 18.2 Å². The summed E-state index contributed by atoms with van der Waals surface area (Å²) in [6.45, 7) is 4.00. The Morgan fingerprint density at radius 3 is 1.64 bits per heavy atom. The smallest absolute Gasteiger partial charge is 0.118 e. The lowest BCUT2D eigenvalue weighted by Gasteiger charge is -1.92. The number of phenols is 1. The van der Waals surface area contributed by atoms with Crippen LogP contribution in [-0.4, -0.2) is 5.11 Å². The Hall–Kier alpha value is -0.400. The van der Waals surface area contributed by atoms with Crippen molar-refractivity contribution in [2.45, 2.75) is 13.8 Å². The van der Waals surface area contributed by atoms with Crippen LogP contribution >= 0.6 is 23.2 Å². The second-order valence-electron chi connectivity index (χ2n) is 1.63. The third-order valence-electron chi connectivity index (χ3n) is 0.847. The van der Waals surface area contributed by atoms with Gasteiger partial charge in [-0.25, -0.2) is 0 Å².